The third kappa shape index (κ3) is 2.14. The summed E-state index contributed by atoms with van der Waals surface area (Å²) in [5.74, 6) is 0.802. The van der Waals surface area contributed by atoms with Crippen molar-refractivity contribution in [1.82, 2.24) is 0 Å². The van der Waals surface area contributed by atoms with E-state index in [1.54, 1.807) is 0 Å². The van der Waals surface area contributed by atoms with Crippen LogP contribution in [0.3, 0.4) is 0 Å². The van der Waals surface area contributed by atoms with Crippen molar-refractivity contribution in [1.29, 1.82) is 0 Å². The highest BCUT2D eigenvalue weighted by Crippen LogP contribution is 2.42. The van der Waals surface area contributed by atoms with Crippen LogP contribution in [-0.4, -0.2) is 5.88 Å². The van der Waals surface area contributed by atoms with Gasteiger partial charge in [-0.25, -0.2) is 0 Å². The second-order valence-electron chi connectivity index (χ2n) is 5.66. The fourth-order valence-electron chi connectivity index (χ4n) is 3.33. The highest BCUT2D eigenvalue weighted by molar-refractivity contribution is 6.18. The molecule has 0 radical (unpaired) electrons. The van der Waals surface area contributed by atoms with Gasteiger partial charge in [0.15, 0.2) is 0 Å². The van der Waals surface area contributed by atoms with Crippen molar-refractivity contribution in [2.45, 2.75) is 32.1 Å². The van der Waals surface area contributed by atoms with E-state index in [1.165, 1.54) is 42.0 Å². The first-order valence-electron chi connectivity index (χ1n) is 6.86. The highest BCUT2D eigenvalue weighted by Gasteiger charge is 2.33. The molecule has 2 aromatic carbocycles. The monoisotopic (exact) mass is 258 g/mol. The molecule has 0 atom stereocenters. The molecule has 1 aliphatic rings. The number of benzene rings is 2. The number of rotatable bonds is 3. The minimum atomic E-state index is 0.353. The lowest BCUT2D eigenvalue weighted by atomic mass is 9.81. The Bertz CT molecular complexity index is 533. The summed E-state index contributed by atoms with van der Waals surface area (Å²) in [6, 6.07) is 15.3. The summed E-state index contributed by atoms with van der Waals surface area (Å²) in [4.78, 5) is 0. The van der Waals surface area contributed by atoms with Crippen LogP contribution in [0.5, 0.6) is 0 Å². The van der Waals surface area contributed by atoms with Crippen molar-refractivity contribution >= 4 is 22.4 Å². The molecule has 0 unspecified atom stereocenters. The zero-order chi connectivity index (χ0) is 12.4. The Morgan fingerprint density at radius 1 is 0.944 bits per heavy atom. The fraction of sp³-hybridized carbons (Fsp3) is 0.412. The Labute approximate surface area is 114 Å². The summed E-state index contributed by atoms with van der Waals surface area (Å²) in [7, 11) is 0. The molecule has 1 aliphatic carbocycles. The Morgan fingerprint density at radius 3 is 2.44 bits per heavy atom. The van der Waals surface area contributed by atoms with E-state index in [1.807, 2.05) is 0 Å². The molecule has 1 heteroatoms. The van der Waals surface area contributed by atoms with Gasteiger partial charge in [-0.05, 0) is 41.0 Å². The van der Waals surface area contributed by atoms with Crippen molar-refractivity contribution in [3.8, 4) is 0 Å². The summed E-state index contributed by atoms with van der Waals surface area (Å²) >= 11 is 6.27. The average molecular weight is 259 g/mol. The average Bonchev–Trinajstić information content (AvgIpc) is 2.88. The number of hydrogen-bond acceptors (Lipinski definition) is 0. The zero-order valence-electron chi connectivity index (χ0n) is 10.7. The molecule has 0 N–H and O–H groups in total. The van der Waals surface area contributed by atoms with Crippen LogP contribution in [-0.2, 0) is 6.42 Å². The van der Waals surface area contributed by atoms with Crippen LogP contribution in [0.15, 0.2) is 42.5 Å². The molecule has 0 bridgehead atoms. The van der Waals surface area contributed by atoms with Gasteiger partial charge in [0.2, 0.25) is 0 Å². The molecule has 0 heterocycles. The Morgan fingerprint density at radius 2 is 1.67 bits per heavy atom. The molecule has 18 heavy (non-hydrogen) atoms. The van der Waals surface area contributed by atoms with Crippen LogP contribution >= 0.6 is 11.6 Å². The first-order valence-corrected chi connectivity index (χ1v) is 7.39. The SMILES string of the molecule is ClCC1(Cc2cccc3ccccc23)CCCC1. The van der Waals surface area contributed by atoms with Gasteiger partial charge in [-0.15, -0.1) is 11.6 Å². The molecule has 1 fully saturated rings. The first kappa shape index (κ1) is 12.0. The topological polar surface area (TPSA) is 0 Å². The number of halogens is 1. The van der Waals surface area contributed by atoms with Crippen molar-refractivity contribution in [3.63, 3.8) is 0 Å². The lowest BCUT2D eigenvalue weighted by Crippen LogP contribution is -2.21. The molecule has 0 saturated heterocycles. The molecular weight excluding hydrogens is 240 g/mol. The summed E-state index contributed by atoms with van der Waals surface area (Å²) in [5.41, 5.74) is 1.82. The summed E-state index contributed by atoms with van der Waals surface area (Å²) in [6.07, 6.45) is 6.41. The van der Waals surface area contributed by atoms with E-state index < -0.39 is 0 Å². The van der Waals surface area contributed by atoms with Gasteiger partial charge in [0.05, 0.1) is 0 Å². The van der Waals surface area contributed by atoms with E-state index in [9.17, 15) is 0 Å². The standard InChI is InChI=1S/C17H19Cl/c18-13-17(10-3-4-11-17)12-15-8-5-7-14-6-1-2-9-16(14)15/h1-2,5-9H,3-4,10-13H2. The van der Waals surface area contributed by atoms with Crippen molar-refractivity contribution in [2.24, 2.45) is 5.41 Å². The molecule has 0 nitrogen and oxygen atoms in total. The molecular formula is C17H19Cl. The normalized spacial score (nSPS) is 18.3. The van der Waals surface area contributed by atoms with E-state index in [0.717, 1.165) is 12.3 Å². The van der Waals surface area contributed by atoms with Crippen molar-refractivity contribution < 1.29 is 0 Å². The van der Waals surface area contributed by atoms with E-state index in [2.05, 4.69) is 42.5 Å². The Kier molecular flexibility index (Phi) is 3.30. The summed E-state index contributed by atoms with van der Waals surface area (Å²) < 4.78 is 0. The lowest BCUT2D eigenvalue weighted by molar-refractivity contribution is 0.342. The second kappa shape index (κ2) is 4.93. The Hall–Kier alpha value is -1.01. The molecule has 0 amide bonds. The number of hydrogen-bond donors (Lipinski definition) is 0. The van der Waals surface area contributed by atoms with E-state index in [4.69, 9.17) is 11.6 Å². The minimum absolute atomic E-state index is 0.353. The van der Waals surface area contributed by atoms with Crippen LogP contribution in [0, 0.1) is 5.41 Å². The van der Waals surface area contributed by atoms with E-state index in [-0.39, 0.29) is 0 Å². The van der Waals surface area contributed by atoms with Crippen LogP contribution in [0.4, 0.5) is 0 Å². The van der Waals surface area contributed by atoms with Crippen LogP contribution < -0.4 is 0 Å². The molecule has 1 saturated carbocycles. The predicted molar refractivity (Wildman–Crippen MR) is 79.3 cm³/mol. The maximum Gasteiger partial charge on any atom is 0.0283 e. The summed E-state index contributed by atoms with van der Waals surface area (Å²) in [5, 5.41) is 2.74. The fourth-order valence-corrected chi connectivity index (χ4v) is 3.70. The Balaban J connectivity index is 1.99. The third-order valence-corrected chi connectivity index (χ3v) is 4.96. The van der Waals surface area contributed by atoms with Crippen LogP contribution in [0.1, 0.15) is 31.2 Å². The van der Waals surface area contributed by atoms with E-state index >= 15 is 0 Å². The predicted octanol–water partition coefficient (Wildman–Crippen LogP) is 5.18. The quantitative estimate of drug-likeness (QED) is 0.666. The number of fused-ring (bicyclic) bond motifs is 1. The van der Waals surface area contributed by atoms with Gasteiger partial charge in [-0.2, -0.15) is 0 Å². The molecule has 94 valence electrons. The summed E-state index contributed by atoms with van der Waals surface area (Å²) in [6.45, 7) is 0. The van der Waals surface area contributed by atoms with Crippen LogP contribution in [0.2, 0.25) is 0 Å². The van der Waals surface area contributed by atoms with E-state index in [0.29, 0.717) is 5.41 Å². The molecule has 2 aromatic rings. The highest BCUT2D eigenvalue weighted by atomic mass is 35.5. The van der Waals surface area contributed by atoms with Gasteiger partial charge >= 0.3 is 0 Å². The zero-order valence-corrected chi connectivity index (χ0v) is 11.4. The van der Waals surface area contributed by atoms with Gasteiger partial charge in [0.1, 0.15) is 0 Å². The maximum absolute atomic E-state index is 6.27. The van der Waals surface area contributed by atoms with Gasteiger partial charge in [0, 0.05) is 5.88 Å². The lowest BCUT2D eigenvalue weighted by Gasteiger charge is -2.27. The number of alkyl halides is 1. The second-order valence-corrected chi connectivity index (χ2v) is 5.92. The van der Waals surface area contributed by atoms with Gasteiger partial charge in [0.25, 0.3) is 0 Å². The maximum atomic E-state index is 6.27. The smallest absolute Gasteiger partial charge is 0.0283 e. The minimum Gasteiger partial charge on any atom is -0.126 e. The van der Waals surface area contributed by atoms with Gasteiger partial charge in [-0.1, -0.05) is 55.3 Å². The van der Waals surface area contributed by atoms with Gasteiger partial charge in [-0.3, -0.25) is 0 Å². The molecule has 0 spiro atoms. The largest absolute Gasteiger partial charge is 0.126 e. The van der Waals surface area contributed by atoms with Crippen molar-refractivity contribution in [3.05, 3.63) is 48.0 Å². The first-order chi connectivity index (χ1) is 8.83. The van der Waals surface area contributed by atoms with Crippen LogP contribution in [0.25, 0.3) is 10.8 Å². The molecule has 3 rings (SSSR count). The molecule has 0 aromatic heterocycles. The van der Waals surface area contributed by atoms with Gasteiger partial charge < -0.3 is 0 Å². The van der Waals surface area contributed by atoms with Crippen molar-refractivity contribution in [2.75, 3.05) is 5.88 Å². The third-order valence-electron chi connectivity index (χ3n) is 4.39. The molecule has 0 aliphatic heterocycles.